The number of carbonyl (C=O) groups excluding carboxylic acids is 2. The molecule has 1 aliphatic rings. The van der Waals surface area contributed by atoms with Crippen LogP contribution in [0.4, 0.5) is 13.9 Å². The van der Waals surface area contributed by atoms with Gasteiger partial charge in [0.25, 0.3) is 5.91 Å². The van der Waals surface area contributed by atoms with Crippen molar-refractivity contribution in [1.29, 1.82) is 0 Å². The van der Waals surface area contributed by atoms with E-state index in [1.807, 2.05) is 36.7 Å². The second-order valence-corrected chi connectivity index (χ2v) is 12.4. The van der Waals surface area contributed by atoms with Crippen LogP contribution < -0.4 is 26.0 Å². The van der Waals surface area contributed by atoms with Gasteiger partial charge in [-0.1, -0.05) is 24.3 Å². The summed E-state index contributed by atoms with van der Waals surface area (Å²) in [6, 6.07) is 9.83. The molecule has 1 atom stereocenters. The molecule has 1 saturated heterocycles. The maximum atomic E-state index is 14.7. The molecular formula is C32H36F2N6O4S2. The fourth-order valence-corrected chi connectivity index (χ4v) is 6.60. The molecule has 4 aromatic rings. The molecule has 0 bridgehead atoms. The van der Waals surface area contributed by atoms with E-state index in [2.05, 4.69) is 25.5 Å². The van der Waals surface area contributed by atoms with Crippen LogP contribution in [0.15, 0.2) is 47.3 Å². The Morgan fingerprint density at radius 1 is 1.04 bits per heavy atom. The smallest absolute Gasteiger partial charge is 0.257 e. The van der Waals surface area contributed by atoms with Gasteiger partial charge in [-0.15, -0.1) is 22.7 Å². The van der Waals surface area contributed by atoms with E-state index in [9.17, 15) is 18.4 Å². The summed E-state index contributed by atoms with van der Waals surface area (Å²) < 4.78 is 39.7. The number of hydrogen-bond acceptors (Lipinski definition) is 10. The van der Waals surface area contributed by atoms with E-state index >= 15 is 0 Å². The van der Waals surface area contributed by atoms with Crippen molar-refractivity contribution < 1.29 is 27.8 Å². The molecule has 1 aliphatic heterocycles. The van der Waals surface area contributed by atoms with Crippen molar-refractivity contribution in [2.75, 3.05) is 50.9 Å². The molecule has 1 fully saturated rings. The lowest BCUT2D eigenvalue weighted by Gasteiger charge is -2.26. The van der Waals surface area contributed by atoms with Gasteiger partial charge in [0.1, 0.15) is 0 Å². The fourth-order valence-electron chi connectivity index (χ4n) is 4.91. The maximum absolute atomic E-state index is 14.7. The molecule has 4 N–H and O–H groups in total. The molecule has 0 spiro atoms. The van der Waals surface area contributed by atoms with Crippen molar-refractivity contribution in [3.63, 3.8) is 0 Å². The highest BCUT2D eigenvalue weighted by Crippen LogP contribution is 2.36. The first-order valence-corrected chi connectivity index (χ1v) is 16.7. The predicted octanol–water partition coefficient (Wildman–Crippen LogP) is 4.84. The highest BCUT2D eigenvalue weighted by molar-refractivity contribution is 7.14. The third kappa shape index (κ3) is 8.63. The molecule has 0 saturated carbocycles. The Morgan fingerprint density at radius 2 is 1.76 bits per heavy atom. The zero-order valence-corrected chi connectivity index (χ0v) is 27.0. The standard InChI is InChI=1S/C32H36F2N6O4S2/c1-20-31(46-19-38-20)22-6-4-21(5-7-22)25(35)16-27(41)36-10-2-3-11-37-28(42)17-44-30-23(8-9-24(33)29(30)34)26-18-45-32(39-26)40-12-14-43-15-13-40/h4-9,18-19,25H,2-3,10-17,35H2,1H3,(H,36,41)(H,37,42). The summed E-state index contributed by atoms with van der Waals surface area (Å²) in [5, 5.41) is 8.06. The van der Waals surface area contributed by atoms with Crippen LogP contribution in [0, 0.1) is 18.6 Å². The number of nitrogens with zero attached hydrogens (tertiary/aromatic N) is 3. The molecule has 10 nitrogen and oxygen atoms in total. The van der Waals surface area contributed by atoms with Crippen molar-refractivity contribution in [2.24, 2.45) is 5.73 Å². The molecule has 244 valence electrons. The molecule has 0 aliphatic carbocycles. The first kappa shape index (κ1) is 33.4. The molecule has 0 radical (unpaired) electrons. The van der Waals surface area contributed by atoms with Crippen LogP contribution in [-0.4, -0.2) is 67.8 Å². The van der Waals surface area contributed by atoms with Gasteiger partial charge in [0.15, 0.2) is 23.3 Å². The Morgan fingerprint density at radius 3 is 2.46 bits per heavy atom. The number of aryl methyl sites for hydroxylation is 1. The lowest BCUT2D eigenvalue weighted by atomic mass is 10.0. The monoisotopic (exact) mass is 670 g/mol. The predicted molar refractivity (Wildman–Crippen MR) is 175 cm³/mol. The number of aromatic nitrogens is 2. The van der Waals surface area contributed by atoms with Gasteiger partial charge in [-0.05, 0) is 43.0 Å². The minimum absolute atomic E-state index is 0.154. The summed E-state index contributed by atoms with van der Waals surface area (Å²) >= 11 is 2.97. The first-order valence-electron chi connectivity index (χ1n) is 15.0. The van der Waals surface area contributed by atoms with Crippen LogP contribution in [0.1, 0.15) is 36.6 Å². The van der Waals surface area contributed by atoms with Crippen LogP contribution in [-0.2, 0) is 14.3 Å². The number of nitrogens with one attached hydrogen (secondary N) is 2. The van der Waals surface area contributed by atoms with Gasteiger partial charge in [0.05, 0.1) is 35.0 Å². The number of halogens is 2. The van der Waals surface area contributed by atoms with Crippen molar-refractivity contribution in [3.8, 4) is 27.4 Å². The Hall–Kier alpha value is -3.98. The molecule has 2 aromatic carbocycles. The van der Waals surface area contributed by atoms with Gasteiger partial charge in [0.2, 0.25) is 11.7 Å². The highest BCUT2D eigenvalue weighted by atomic mass is 32.1. The van der Waals surface area contributed by atoms with Crippen molar-refractivity contribution in [2.45, 2.75) is 32.2 Å². The Bertz CT molecular complexity index is 1630. The number of hydrogen-bond donors (Lipinski definition) is 3. The average Bonchev–Trinajstić information content (AvgIpc) is 3.73. The lowest BCUT2D eigenvalue weighted by Crippen LogP contribution is -2.36. The first-order chi connectivity index (χ1) is 22.3. The van der Waals surface area contributed by atoms with E-state index in [0.29, 0.717) is 57.9 Å². The average molecular weight is 671 g/mol. The number of thiazole rings is 2. The molecule has 1 unspecified atom stereocenters. The summed E-state index contributed by atoms with van der Waals surface area (Å²) in [7, 11) is 0. The van der Waals surface area contributed by atoms with Crippen molar-refractivity contribution in [3.05, 3.63) is 70.2 Å². The molecule has 46 heavy (non-hydrogen) atoms. The van der Waals surface area contributed by atoms with E-state index in [-0.39, 0.29) is 23.6 Å². The Balaban J connectivity index is 1.01. The fraction of sp³-hybridized carbons (Fsp3) is 0.375. The van der Waals surface area contributed by atoms with Gasteiger partial charge in [-0.25, -0.2) is 14.4 Å². The number of benzene rings is 2. The van der Waals surface area contributed by atoms with E-state index in [1.165, 1.54) is 17.4 Å². The molecule has 14 heteroatoms. The summed E-state index contributed by atoms with van der Waals surface area (Å²) in [6.45, 7) is 4.81. The van der Waals surface area contributed by atoms with E-state index in [0.717, 1.165) is 32.9 Å². The SMILES string of the molecule is Cc1ncsc1-c1ccc(C(N)CC(=O)NCCCCNC(=O)COc2c(-c3csc(N4CCOCC4)n3)ccc(F)c2F)cc1. The minimum Gasteiger partial charge on any atom is -0.480 e. The maximum Gasteiger partial charge on any atom is 0.257 e. The normalized spacial score (nSPS) is 13.8. The van der Waals surface area contributed by atoms with Gasteiger partial charge >= 0.3 is 0 Å². The van der Waals surface area contributed by atoms with E-state index < -0.39 is 30.2 Å². The van der Waals surface area contributed by atoms with Crippen molar-refractivity contribution >= 4 is 39.6 Å². The second-order valence-electron chi connectivity index (χ2n) is 10.7. The number of morpholine rings is 1. The number of nitrogens with two attached hydrogens (primary N) is 1. The topological polar surface area (TPSA) is 132 Å². The number of anilines is 1. The van der Waals surface area contributed by atoms with Crippen LogP contribution >= 0.6 is 22.7 Å². The molecule has 3 heterocycles. The van der Waals surface area contributed by atoms with Crippen LogP contribution in [0.5, 0.6) is 5.75 Å². The number of amides is 2. The van der Waals surface area contributed by atoms with Gasteiger partial charge < -0.3 is 30.7 Å². The quantitative estimate of drug-likeness (QED) is 0.163. The Kier molecular flexibility index (Phi) is 11.6. The summed E-state index contributed by atoms with van der Waals surface area (Å²) in [6.07, 6.45) is 1.38. The highest BCUT2D eigenvalue weighted by Gasteiger charge is 2.21. The largest absolute Gasteiger partial charge is 0.480 e. The van der Waals surface area contributed by atoms with Crippen LogP contribution in [0.25, 0.3) is 21.7 Å². The summed E-state index contributed by atoms with van der Waals surface area (Å²) in [5.74, 6) is -3.25. The molecule has 2 amide bonds. The zero-order valence-electron chi connectivity index (χ0n) is 25.4. The van der Waals surface area contributed by atoms with E-state index in [1.54, 1.807) is 16.7 Å². The molecular weight excluding hydrogens is 635 g/mol. The van der Waals surface area contributed by atoms with Crippen LogP contribution in [0.2, 0.25) is 0 Å². The minimum atomic E-state index is -1.18. The van der Waals surface area contributed by atoms with Gasteiger partial charge in [-0.3, -0.25) is 9.59 Å². The number of rotatable bonds is 14. The van der Waals surface area contributed by atoms with E-state index in [4.69, 9.17) is 15.2 Å². The van der Waals surface area contributed by atoms with Crippen LogP contribution in [0.3, 0.4) is 0 Å². The number of ether oxygens (including phenoxy) is 2. The zero-order chi connectivity index (χ0) is 32.5. The second kappa shape index (κ2) is 16.0. The van der Waals surface area contributed by atoms with Crippen molar-refractivity contribution in [1.82, 2.24) is 20.6 Å². The van der Waals surface area contributed by atoms with Gasteiger partial charge in [0, 0.05) is 49.6 Å². The van der Waals surface area contributed by atoms with Gasteiger partial charge in [-0.2, -0.15) is 4.39 Å². The summed E-state index contributed by atoms with van der Waals surface area (Å²) in [4.78, 5) is 36.8. The number of unbranched alkanes of at least 4 members (excludes halogenated alkanes) is 1. The lowest BCUT2D eigenvalue weighted by molar-refractivity contribution is -0.123. The molecule has 2 aromatic heterocycles. The molecule has 5 rings (SSSR count). The number of carbonyl (C=O) groups is 2. The summed E-state index contributed by atoms with van der Waals surface area (Å²) in [5.41, 5.74) is 11.7. The third-order valence-corrected chi connectivity index (χ3v) is 9.33. The Labute approximate surface area is 274 Å². The third-order valence-electron chi connectivity index (χ3n) is 7.45.